The summed E-state index contributed by atoms with van der Waals surface area (Å²) in [6, 6.07) is -6.27. The van der Waals surface area contributed by atoms with Crippen LogP contribution in [0.5, 0.6) is 0 Å². The van der Waals surface area contributed by atoms with Gasteiger partial charge in [0.2, 0.25) is 41.4 Å². The summed E-state index contributed by atoms with van der Waals surface area (Å²) in [7, 11) is 0. The highest BCUT2D eigenvalue weighted by Gasteiger charge is 2.52. The molecule has 0 aromatic rings. The number of hydrogen-bond donors (Lipinski definition) is 2. The minimum atomic E-state index is -1.05. The summed E-state index contributed by atoms with van der Waals surface area (Å²) in [5.74, 6) is -3.05. The average Bonchev–Trinajstić information content (AvgIpc) is 4.17. The summed E-state index contributed by atoms with van der Waals surface area (Å²) >= 11 is 0. The van der Waals surface area contributed by atoms with Crippen LogP contribution in [0.25, 0.3) is 0 Å². The molecule has 9 rings (SSSR count). The van der Waals surface area contributed by atoms with Crippen LogP contribution >= 0.6 is 0 Å². The number of hydrogen-bond acceptors (Lipinski definition) is 9. The smallest absolute Gasteiger partial charge is 0.326 e. The van der Waals surface area contributed by atoms with E-state index in [1.165, 1.54) is 9.80 Å². The Morgan fingerprint density at radius 2 is 0.516 bits per heavy atom. The zero-order valence-electron chi connectivity index (χ0n) is 37.1. The first-order chi connectivity index (χ1) is 31.0. The van der Waals surface area contributed by atoms with Gasteiger partial charge in [-0.25, -0.2) is 4.79 Å². The molecular formula is C45H66N9O10+. The zero-order chi connectivity index (χ0) is 44.8. The van der Waals surface area contributed by atoms with Gasteiger partial charge in [0, 0.05) is 65.2 Å². The molecule has 0 aliphatic carbocycles. The summed E-state index contributed by atoms with van der Waals surface area (Å²) in [5, 5.41) is 11.8. The topological polar surface area (TPSA) is 216 Å². The van der Waals surface area contributed by atoms with E-state index in [4.69, 9.17) is 0 Å². The molecular weight excluding hydrogens is 827 g/mol. The van der Waals surface area contributed by atoms with Crippen LogP contribution in [-0.2, 0) is 43.2 Å². The molecule has 64 heavy (non-hydrogen) atoms. The number of aliphatic carboxylic acids is 1. The molecule has 9 saturated heterocycles. The van der Waals surface area contributed by atoms with Crippen molar-refractivity contribution >= 4 is 53.2 Å². The molecule has 0 unspecified atom stereocenters. The lowest BCUT2D eigenvalue weighted by Crippen LogP contribution is -2.89. The van der Waals surface area contributed by atoms with E-state index < -0.39 is 54.3 Å². The fraction of sp³-hybridized carbons (Fsp3) is 0.800. The highest BCUT2D eigenvalue weighted by atomic mass is 16.4. The largest absolute Gasteiger partial charge is 0.480 e. The first-order valence-electron chi connectivity index (χ1n) is 24.5. The molecule has 0 spiro atoms. The second-order valence-corrected chi connectivity index (χ2v) is 19.6. The minimum absolute atomic E-state index is 0.00716. The van der Waals surface area contributed by atoms with Crippen molar-refractivity contribution in [3.63, 3.8) is 0 Å². The fourth-order valence-corrected chi connectivity index (χ4v) is 12.8. The van der Waals surface area contributed by atoms with Crippen molar-refractivity contribution in [1.29, 1.82) is 0 Å². The van der Waals surface area contributed by atoms with E-state index in [0.717, 1.165) is 25.8 Å². The average molecular weight is 893 g/mol. The van der Waals surface area contributed by atoms with Gasteiger partial charge >= 0.3 is 5.97 Å². The van der Waals surface area contributed by atoms with Gasteiger partial charge in [-0.15, -0.1) is 0 Å². The molecule has 0 saturated carbocycles. The Morgan fingerprint density at radius 3 is 0.734 bits per heavy atom. The predicted molar refractivity (Wildman–Crippen MR) is 225 cm³/mol. The van der Waals surface area contributed by atoms with Crippen LogP contribution in [0.3, 0.4) is 0 Å². The lowest BCUT2D eigenvalue weighted by Gasteiger charge is -2.37. The number of carboxylic acids is 1. The van der Waals surface area contributed by atoms with Crippen molar-refractivity contribution in [3.05, 3.63) is 0 Å². The van der Waals surface area contributed by atoms with Crippen molar-refractivity contribution in [2.24, 2.45) is 0 Å². The number of nitrogens with zero attached hydrogens (tertiary/aromatic N) is 8. The van der Waals surface area contributed by atoms with Gasteiger partial charge in [0.1, 0.15) is 48.3 Å². The van der Waals surface area contributed by atoms with Crippen LogP contribution in [0.15, 0.2) is 0 Å². The fourth-order valence-electron chi connectivity index (χ4n) is 12.8. The molecule has 0 aromatic heterocycles. The zero-order valence-corrected chi connectivity index (χ0v) is 37.1. The summed E-state index contributed by atoms with van der Waals surface area (Å²) in [6.45, 7) is 3.95. The number of nitrogens with two attached hydrogens (primary N) is 1. The monoisotopic (exact) mass is 892 g/mol. The van der Waals surface area contributed by atoms with E-state index in [-0.39, 0.29) is 53.3 Å². The number of carboxylic acid groups (broad SMARTS) is 1. The maximum atomic E-state index is 14.5. The molecule has 0 bridgehead atoms. The molecule has 0 radical (unpaired) electrons. The number of carbonyl (C=O) groups is 9. The lowest BCUT2D eigenvalue weighted by atomic mass is 10.1. The quantitative estimate of drug-likeness (QED) is 0.280. The second-order valence-electron chi connectivity index (χ2n) is 19.6. The molecule has 9 atom stereocenters. The summed E-state index contributed by atoms with van der Waals surface area (Å²) in [4.78, 5) is 138. The third-order valence-corrected chi connectivity index (χ3v) is 16.1. The third-order valence-electron chi connectivity index (χ3n) is 16.1. The van der Waals surface area contributed by atoms with Crippen LogP contribution in [0.1, 0.15) is 116 Å². The first kappa shape index (κ1) is 44.4. The highest BCUT2D eigenvalue weighted by Crippen LogP contribution is 2.34. The van der Waals surface area contributed by atoms with E-state index in [2.05, 4.69) is 5.32 Å². The van der Waals surface area contributed by atoms with Gasteiger partial charge in [-0.2, -0.15) is 0 Å². The maximum Gasteiger partial charge on any atom is 0.326 e. The van der Waals surface area contributed by atoms with Gasteiger partial charge < -0.3 is 49.6 Å². The van der Waals surface area contributed by atoms with Gasteiger partial charge in [-0.3, -0.25) is 38.4 Å². The van der Waals surface area contributed by atoms with E-state index in [1.54, 1.807) is 29.4 Å². The molecule has 0 aromatic carbocycles. The lowest BCUT2D eigenvalue weighted by molar-refractivity contribution is -0.658. The SMILES string of the molecule is O=C(O)[C@@H]1CCCN1C(=O)[C@@H]1CCCN1C(=O)[C@@H]1CCCN1C(=O)[C@@H]1CCCN1C(=O)[C@@H]1CCCN1C(=O)[C@@H]1CCCN1C(=O)[C@@H]1CCCN1C(=O)[C@@H]1CCCN1C(=O)[C@@H]1CCC[NH2+]1. The van der Waals surface area contributed by atoms with Crippen molar-refractivity contribution in [1.82, 2.24) is 39.2 Å². The number of carbonyl (C=O) groups excluding carboxylic acids is 8. The van der Waals surface area contributed by atoms with Crippen molar-refractivity contribution in [3.8, 4) is 0 Å². The summed E-state index contributed by atoms with van der Waals surface area (Å²) in [5.41, 5.74) is 0. The summed E-state index contributed by atoms with van der Waals surface area (Å²) in [6.07, 6.45) is 10.3. The van der Waals surface area contributed by atoms with Crippen LogP contribution in [0.4, 0.5) is 0 Å². The molecule has 8 amide bonds. The van der Waals surface area contributed by atoms with Crippen LogP contribution in [-0.4, -0.2) is 211 Å². The van der Waals surface area contributed by atoms with Gasteiger partial charge in [0.25, 0.3) is 5.91 Å². The van der Waals surface area contributed by atoms with E-state index in [1.807, 2.05) is 0 Å². The van der Waals surface area contributed by atoms with Crippen molar-refractivity contribution < 1.29 is 53.6 Å². The number of likely N-dealkylation sites (tertiary alicyclic amines) is 8. The number of rotatable bonds is 9. The molecule has 9 aliphatic rings. The third kappa shape index (κ3) is 8.00. The maximum absolute atomic E-state index is 14.5. The van der Waals surface area contributed by atoms with E-state index in [0.29, 0.717) is 149 Å². The Morgan fingerprint density at radius 1 is 0.297 bits per heavy atom. The van der Waals surface area contributed by atoms with Gasteiger partial charge in [0.05, 0.1) is 6.54 Å². The standard InChI is InChI=1S/C45H65N9O10/c55-37(28-10-1-19-46-28)47-20-2-11-29(47)38(56)48-21-3-12-30(48)39(57)49-22-4-13-31(49)40(58)50-23-5-14-32(50)41(59)51-24-6-15-33(51)42(60)52-25-7-16-34(52)43(61)53-26-8-17-35(53)44(62)54-27-9-18-36(54)45(63)64/h28-36,46H,1-27H2,(H,63,64)/p+1/t28-,29-,30-,31-,32-,33-,34-,35-,36-/m0/s1. The molecule has 19 heteroatoms. The Balaban J connectivity index is 0.836. The minimum Gasteiger partial charge on any atom is -0.480 e. The highest BCUT2D eigenvalue weighted by molar-refractivity contribution is 5.99. The Hall–Kier alpha value is -4.81. The van der Waals surface area contributed by atoms with E-state index >= 15 is 0 Å². The van der Waals surface area contributed by atoms with Crippen LogP contribution in [0.2, 0.25) is 0 Å². The Kier molecular flexibility index (Phi) is 12.9. The van der Waals surface area contributed by atoms with Crippen molar-refractivity contribution in [2.75, 3.05) is 58.9 Å². The Bertz CT molecular complexity index is 1910. The molecule has 9 fully saturated rings. The Labute approximate surface area is 374 Å². The second kappa shape index (κ2) is 18.6. The van der Waals surface area contributed by atoms with Crippen LogP contribution < -0.4 is 5.32 Å². The van der Waals surface area contributed by atoms with Crippen molar-refractivity contribution in [2.45, 2.75) is 170 Å². The molecule has 9 heterocycles. The predicted octanol–water partition coefficient (Wildman–Crippen LogP) is -1.28. The van der Waals surface area contributed by atoms with Gasteiger partial charge in [-0.05, 0) is 103 Å². The van der Waals surface area contributed by atoms with Gasteiger partial charge in [-0.1, -0.05) is 0 Å². The normalized spacial score (nSPS) is 33.0. The van der Waals surface area contributed by atoms with Crippen LogP contribution in [0, 0.1) is 0 Å². The summed E-state index contributed by atoms with van der Waals surface area (Å²) < 4.78 is 0. The van der Waals surface area contributed by atoms with E-state index in [9.17, 15) is 48.3 Å². The first-order valence-corrected chi connectivity index (χ1v) is 24.5. The van der Waals surface area contributed by atoms with Gasteiger partial charge in [0.15, 0.2) is 6.04 Å². The molecule has 9 aliphatic heterocycles. The molecule has 19 nitrogen and oxygen atoms in total. The molecule has 3 N–H and O–H groups in total. The molecule has 350 valence electrons. The number of quaternary nitrogens is 1. The number of amides is 8.